The van der Waals surface area contributed by atoms with E-state index in [2.05, 4.69) is 34.9 Å². The monoisotopic (exact) mass is 917 g/mol. The van der Waals surface area contributed by atoms with Crippen molar-refractivity contribution < 1.29 is 76.8 Å². The smallest absolute Gasteiger partial charge is 0.394 e. The van der Waals surface area contributed by atoms with E-state index in [0.29, 0.717) is 0 Å². The van der Waals surface area contributed by atoms with Crippen LogP contribution in [0.1, 0.15) is 18.7 Å². The van der Waals surface area contributed by atoms with Crippen molar-refractivity contribution in [2.75, 3.05) is 37.0 Å². The first-order chi connectivity index (χ1) is 29.4. The van der Waals surface area contributed by atoms with Gasteiger partial charge in [-0.3, -0.25) is 41.6 Å². The average molecular weight is 918 g/mol. The molecule has 3 fully saturated rings. The molecule has 0 aromatic carbocycles. The number of hydrogen-bond donors (Lipinski definition) is 11. The normalized spacial score (nSPS) is 32.1. The van der Waals surface area contributed by atoms with Crippen LogP contribution in [0, 0.1) is 0 Å². The van der Waals surface area contributed by atoms with E-state index in [-0.39, 0.29) is 39.9 Å². The number of nitrogens with zero attached hydrogens (tertiary/aromatic N) is 9. The second-order valence-corrected chi connectivity index (χ2v) is 16.7. The first-order valence-electron chi connectivity index (χ1n) is 18.0. The number of aromatic nitrogens is 10. The van der Waals surface area contributed by atoms with Crippen LogP contribution in [-0.2, 0) is 41.4 Å². The zero-order chi connectivity index (χ0) is 44.4. The largest absolute Gasteiger partial charge is 0.472 e. The molecule has 2 unspecified atom stereocenters. The SMILES string of the molecule is Nc1ccn([C@@H]2O[C@H](COP(=O)(O)O[C@H]3[C@@H](O)[C@H](n4cnc5c(N)ncnc54)O[C@@H]3CO)[C@@H](OP(=O)(O)OC[C@H]3O[C@@H](n4cnc5c(=O)[nH]c(N)nc54)[C@H](O)[C@@H]3O)[C@H]2O)c(=O)n1. The van der Waals surface area contributed by atoms with Crippen LogP contribution in [-0.4, -0.2) is 159 Å². The lowest BCUT2D eigenvalue weighted by Gasteiger charge is -2.25. The standard InChI is InChI=1S/C29H37N13O18P2/c30-12-1-2-40(29(49)37-12)26-18(47)20(60-61(50,51)54-4-10-15(44)16(45)25(57-10)42-8-36-14-23(42)38-28(32)39-24(14)48)11(58-26)5-55-62(52,53)59-19-9(3-43)56-27(17(19)46)41-7-35-13-21(31)33-6-34-22(13)41/h1-2,6-11,15-20,25-27,43-47H,3-5H2,(H,50,51)(H,52,53)(H2,30,37,49)(H2,31,33,34)(H3,32,38,39,48)/t9-,10-,11-,15-,16-,17-,18-,19-,20-,25-,26-,27-/m1/s1. The molecule has 5 aromatic heterocycles. The van der Waals surface area contributed by atoms with Gasteiger partial charge in [0, 0.05) is 6.20 Å². The van der Waals surface area contributed by atoms with Gasteiger partial charge in [0.2, 0.25) is 5.95 Å². The van der Waals surface area contributed by atoms with E-state index in [0.717, 1.165) is 34.1 Å². The summed E-state index contributed by atoms with van der Waals surface area (Å²) in [5.74, 6) is -0.496. The van der Waals surface area contributed by atoms with Crippen LogP contribution in [0.2, 0.25) is 0 Å². The molecule has 0 amide bonds. The molecule has 3 aliphatic rings. The van der Waals surface area contributed by atoms with Gasteiger partial charge in [0.15, 0.2) is 41.3 Å². The molecule has 0 radical (unpaired) electrons. The molecule has 5 aromatic rings. The third-order valence-electron chi connectivity index (χ3n) is 9.96. The highest BCUT2D eigenvalue weighted by atomic mass is 31.2. The molecule has 8 rings (SSSR count). The zero-order valence-corrected chi connectivity index (χ0v) is 33.0. The number of aliphatic hydroxyl groups excluding tert-OH is 5. The van der Waals surface area contributed by atoms with Crippen molar-refractivity contribution in [3.8, 4) is 0 Å². The maximum Gasteiger partial charge on any atom is 0.472 e. The Morgan fingerprint density at radius 1 is 0.710 bits per heavy atom. The summed E-state index contributed by atoms with van der Waals surface area (Å²) >= 11 is 0. The molecule has 31 nitrogen and oxygen atoms in total. The fraction of sp³-hybridized carbons (Fsp3) is 0.517. The molecular formula is C29H37N13O18P2. The third kappa shape index (κ3) is 8.21. The predicted octanol–water partition coefficient (Wildman–Crippen LogP) is -4.90. The Bertz CT molecular complexity index is 2680. The van der Waals surface area contributed by atoms with Crippen LogP contribution in [0.25, 0.3) is 22.3 Å². The van der Waals surface area contributed by atoms with E-state index >= 15 is 0 Å². The summed E-state index contributed by atoms with van der Waals surface area (Å²) in [7, 11) is -10.7. The van der Waals surface area contributed by atoms with Crippen LogP contribution < -0.4 is 28.5 Å². The van der Waals surface area contributed by atoms with Gasteiger partial charge in [-0.2, -0.15) is 9.97 Å². The minimum absolute atomic E-state index is 0.00616. The van der Waals surface area contributed by atoms with Gasteiger partial charge >= 0.3 is 21.3 Å². The lowest BCUT2D eigenvalue weighted by atomic mass is 10.1. The van der Waals surface area contributed by atoms with Gasteiger partial charge in [0.1, 0.15) is 72.6 Å². The predicted molar refractivity (Wildman–Crippen MR) is 199 cm³/mol. The highest BCUT2D eigenvalue weighted by Gasteiger charge is 2.53. The lowest BCUT2D eigenvalue weighted by molar-refractivity contribution is -0.0632. The summed E-state index contributed by atoms with van der Waals surface area (Å²) in [6.07, 6.45) is -16.0. The second kappa shape index (κ2) is 16.7. The maximum atomic E-state index is 13.4. The van der Waals surface area contributed by atoms with Crippen molar-refractivity contribution in [2.45, 2.75) is 73.6 Å². The average Bonchev–Trinajstić information content (AvgIpc) is 4.02. The third-order valence-corrected chi connectivity index (χ3v) is 11.9. The van der Waals surface area contributed by atoms with E-state index in [9.17, 15) is 54.0 Å². The van der Waals surface area contributed by atoms with Gasteiger partial charge in [-0.25, -0.2) is 33.9 Å². The number of aliphatic hydroxyl groups is 5. The number of nitrogens with two attached hydrogens (primary N) is 3. The first kappa shape index (κ1) is 43.7. The maximum absolute atomic E-state index is 13.4. The van der Waals surface area contributed by atoms with E-state index in [1.807, 2.05) is 0 Å². The molecule has 336 valence electrons. The first-order valence-corrected chi connectivity index (χ1v) is 21.0. The highest BCUT2D eigenvalue weighted by molar-refractivity contribution is 7.47. The van der Waals surface area contributed by atoms with Crippen LogP contribution in [0.3, 0.4) is 0 Å². The number of ether oxygens (including phenoxy) is 3. The number of phosphoric acid groups is 2. The lowest BCUT2D eigenvalue weighted by Crippen LogP contribution is -2.38. The summed E-state index contributed by atoms with van der Waals surface area (Å²) in [6, 6.07) is 1.16. The Hall–Kier alpha value is -4.92. The Morgan fingerprint density at radius 2 is 1.27 bits per heavy atom. The summed E-state index contributed by atoms with van der Waals surface area (Å²) in [6.45, 7) is -2.86. The highest BCUT2D eigenvalue weighted by Crippen LogP contribution is 2.52. The Morgan fingerprint density at radius 3 is 1.94 bits per heavy atom. The molecule has 0 aliphatic carbocycles. The topological polar surface area (TPSA) is 460 Å². The summed E-state index contributed by atoms with van der Waals surface area (Å²) in [5, 5.41) is 54.0. The van der Waals surface area contributed by atoms with Crippen molar-refractivity contribution in [3.63, 3.8) is 0 Å². The minimum Gasteiger partial charge on any atom is -0.394 e. The van der Waals surface area contributed by atoms with Crippen molar-refractivity contribution in [2.24, 2.45) is 0 Å². The van der Waals surface area contributed by atoms with Crippen LogP contribution in [0.4, 0.5) is 17.6 Å². The fourth-order valence-corrected chi connectivity index (χ4v) is 8.97. The second-order valence-electron chi connectivity index (χ2n) is 13.9. The zero-order valence-electron chi connectivity index (χ0n) is 31.2. The fourth-order valence-electron chi connectivity index (χ4n) is 7.05. The summed E-state index contributed by atoms with van der Waals surface area (Å²) in [4.78, 5) is 72.2. The number of phosphoric ester groups is 2. The quantitative estimate of drug-likeness (QED) is 0.0465. The Kier molecular flexibility index (Phi) is 11.7. The van der Waals surface area contributed by atoms with Crippen molar-refractivity contribution in [3.05, 3.63) is 52.1 Å². The van der Waals surface area contributed by atoms with Gasteiger partial charge in [-0.1, -0.05) is 0 Å². The van der Waals surface area contributed by atoms with Gasteiger partial charge in [0.05, 0.1) is 32.5 Å². The molecule has 8 heterocycles. The van der Waals surface area contributed by atoms with Gasteiger partial charge in [-0.15, -0.1) is 0 Å². The molecule has 0 saturated carbocycles. The van der Waals surface area contributed by atoms with Crippen molar-refractivity contribution in [1.29, 1.82) is 0 Å². The van der Waals surface area contributed by atoms with E-state index < -0.39 is 120 Å². The number of aromatic amines is 1. The van der Waals surface area contributed by atoms with Crippen molar-refractivity contribution >= 4 is 55.6 Å². The number of nitrogens with one attached hydrogen (secondary N) is 1. The number of imidazole rings is 2. The van der Waals surface area contributed by atoms with Crippen LogP contribution >= 0.6 is 15.6 Å². The number of hydrogen-bond acceptors (Lipinski definition) is 25. The number of H-pyrrole nitrogens is 1. The molecule has 0 bridgehead atoms. The molecule has 14 N–H and O–H groups in total. The molecule has 14 atom stereocenters. The van der Waals surface area contributed by atoms with Crippen LogP contribution in [0.15, 0.2) is 40.8 Å². The van der Waals surface area contributed by atoms with Crippen molar-refractivity contribution in [1.82, 2.24) is 48.6 Å². The molecule has 0 spiro atoms. The molecule has 3 saturated heterocycles. The van der Waals surface area contributed by atoms with Gasteiger partial charge < -0.3 is 66.7 Å². The number of anilines is 3. The Labute approximate surface area is 343 Å². The Balaban J connectivity index is 0.965. The molecular weight excluding hydrogens is 880 g/mol. The molecule has 33 heteroatoms. The molecule has 62 heavy (non-hydrogen) atoms. The van der Waals surface area contributed by atoms with E-state index in [1.165, 1.54) is 10.9 Å². The minimum atomic E-state index is -5.39. The molecule has 3 aliphatic heterocycles. The van der Waals surface area contributed by atoms with E-state index in [4.69, 9.17) is 49.5 Å². The van der Waals surface area contributed by atoms with Gasteiger partial charge in [-0.05, 0) is 6.07 Å². The van der Waals surface area contributed by atoms with Crippen LogP contribution in [0.5, 0.6) is 0 Å². The van der Waals surface area contributed by atoms with E-state index in [1.54, 1.807) is 0 Å². The number of fused-ring (bicyclic) bond motifs is 2. The number of rotatable bonds is 14. The summed E-state index contributed by atoms with van der Waals surface area (Å²) in [5.41, 5.74) is 15.2. The number of nitrogen functional groups attached to an aromatic ring is 3. The van der Waals surface area contributed by atoms with Gasteiger partial charge in [0.25, 0.3) is 5.56 Å². The summed E-state index contributed by atoms with van der Waals surface area (Å²) < 4.78 is 67.6.